The number of aromatic nitrogens is 2. The van der Waals surface area contributed by atoms with Gasteiger partial charge in [0.1, 0.15) is 0 Å². The molecule has 2 N–H and O–H groups in total. The number of hydrazone groups is 1. The molecule has 3 rings (SSSR count). The van der Waals surface area contributed by atoms with E-state index < -0.39 is 0 Å². The Hall–Kier alpha value is -2.99. The number of fused-ring (bicyclic) bond motifs is 1. The van der Waals surface area contributed by atoms with Crippen molar-refractivity contribution in [2.24, 2.45) is 5.10 Å². The number of nitrogens with zero attached hydrogens (tertiary/aromatic N) is 2. The average Bonchev–Trinajstić information content (AvgIpc) is 3.04. The molecule has 0 saturated heterocycles. The molecule has 0 radical (unpaired) electrons. The SMILES string of the molecule is C=CC.COc1ccc(/C=N/Nc2nc3ccc(Cl)cc3[nH]2)cc1OC. The van der Waals surface area contributed by atoms with Gasteiger partial charge in [0.15, 0.2) is 11.5 Å². The van der Waals surface area contributed by atoms with Crippen molar-refractivity contribution < 1.29 is 9.47 Å². The highest BCUT2D eigenvalue weighted by Crippen LogP contribution is 2.26. The Morgan fingerprint density at radius 2 is 1.88 bits per heavy atom. The van der Waals surface area contributed by atoms with E-state index in [1.54, 1.807) is 32.6 Å². The van der Waals surface area contributed by atoms with Gasteiger partial charge in [-0.1, -0.05) is 17.7 Å². The number of H-pyrrole nitrogens is 1. The van der Waals surface area contributed by atoms with Crippen LogP contribution in [-0.4, -0.2) is 30.4 Å². The average molecular weight is 373 g/mol. The summed E-state index contributed by atoms with van der Waals surface area (Å²) in [5.41, 5.74) is 5.39. The van der Waals surface area contributed by atoms with E-state index in [1.165, 1.54) is 0 Å². The molecular formula is C19H21ClN4O2. The van der Waals surface area contributed by atoms with Gasteiger partial charge in [0.05, 0.1) is 31.5 Å². The van der Waals surface area contributed by atoms with E-state index in [4.69, 9.17) is 21.1 Å². The molecule has 6 nitrogen and oxygen atoms in total. The quantitative estimate of drug-likeness (QED) is 0.380. The van der Waals surface area contributed by atoms with Gasteiger partial charge in [-0.15, -0.1) is 6.58 Å². The number of hydrogen-bond donors (Lipinski definition) is 2. The third kappa shape index (κ3) is 5.00. The molecule has 0 saturated carbocycles. The smallest absolute Gasteiger partial charge is 0.222 e. The zero-order valence-electron chi connectivity index (χ0n) is 14.9. The third-order valence-corrected chi connectivity index (χ3v) is 3.47. The summed E-state index contributed by atoms with van der Waals surface area (Å²) >= 11 is 5.95. The largest absolute Gasteiger partial charge is 0.493 e. The Morgan fingerprint density at radius 3 is 2.58 bits per heavy atom. The molecule has 1 heterocycles. The second-order valence-corrected chi connectivity index (χ2v) is 5.58. The van der Waals surface area contributed by atoms with Gasteiger partial charge < -0.3 is 14.5 Å². The fourth-order valence-corrected chi connectivity index (χ4v) is 2.31. The lowest BCUT2D eigenvalue weighted by Crippen LogP contribution is -1.94. The van der Waals surface area contributed by atoms with Crippen molar-refractivity contribution in [3.63, 3.8) is 0 Å². The van der Waals surface area contributed by atoms with E-state index in [0.717, 1.165) is 16.6 Å². The van der Waals surface area contributed by atoms with Crippen LogP contribution < -0.4 is 14.9 Å². The molecule has 0 amide bonds. The highest BCUT2D eigenvalue weighted by molar-refractivity contribution is 6.31. The highest BCUT2D eigenvalue weighted by atomic mass is 35.5. The van der Waals surface area contributed by atoms with Gasteiger partial charge in [-0.05, 0) is 48.9 Å². The molecule has 3 aromatic rings. The summed E-state index contributed by atoms with van der Waals surface area (Å²) in [4.78, 5) is 7.46. The molecule has 136 valence electrons. The number of hydrogen-bond acceptors (Lipinski definition) is 5. The van der Waals surface area contributed by atoms with Crippen LogP contribution in [0.2, 0.25) is 5.02 Å². The molecule has 0 spiro atoms. The molecule has 0 aliphatic heterocycles. The van der Waals surface area contributed by atoms with Gasteiger partial charge in [0.25, 0.3) is 0 Å². The first-order chi connectivity index (χ1) is 12.6. The zero-order valence-corrected chi connectivity index (χ0v) is 15.7. The molecule has 0 fully saturated rings. The normalized spacial score (nSPS) is 10.3. The number of imidazole rings is 1. The molecule has 0 atom stereocenters. The van der Waals surface area contributed by atoms with Crippen molar-refractivity contribution in [2.45, 2.75) is 6.92 Å². The topological polar surface area (TPSA) is 71.5 Å². The minimum atomic E-state index is 0.541. The monoisotopic (exact) mass is 372 g/mol. The number of halogens is 1. The summed E-state index contributed by atoms with van der Waals surface area (Å²) in [5.74, 6) is 1.86. The first kappa shape index (κ1) is 19.3. The number of aromatic amines is 1. The Labute approximate surface area is 157 Å². The summed E-state index contributed by atoms with van der Waals surface area (Å²) in [6.07, 6.45) is 3.42. The van der Waals surface area contributed by atoms with Crippen LogP contribution in [-0.2, 0) is 0 Å². The maximum atomic E-state index is 5.95. The molecule has 26 heavy (non-hydrogen) atoms. The second kappa shape index (κ2) is 9.48. The fourth-order valence-electron chi connectivity index (χ4n) is 2.14. The number of anilines is 1. The van der Waals surface area contributed by atoms with Crippen LogP contribution in [0.1, 0.15) is 12.5 Å². The summed E-state index contributed by atoms with van der Waals surface area (Å²) in [6, 6.07) is 11.0. The third-order valence-electron chi connectivity index (χ3n) is 3.24. The highest BCUT2D eigenvalue weighted by Gasteiger charge is 2.04. The van der Waals surface area contributed by atoms with E-state index >= 15 is 0 Å². The first-order valence-electron chi connectivity index (χ1n) is 7.84. The lowest BCUT2D eigenvalue weighted by Gasteiger charge is -2.07. The van der Waals surface area contributed by atoms with Crippen molar-refractivity contribution in [3.05, 3.63) is 59.6 Å². The Morgan fingerprint density at radius 1 is 1.15 bits per heavy atom. The Bertz CT molecular complexity index is 906. The van der Waals surface area contributed by atoms with E-state index in [-0.39, 0.29) is 0 Å². The minimum Gasteiger partial charge on any atom is -0.493 e. The molecule has 0 unspecified atom stereocenters. The number of ether oxygens (including phenoxy) is 2. The zero-order chi connectivity index (χ0) is 18.9. The van der Waals surface area contributed by atoms with Crippen molar-refractivity contribution in [1.82, 2.24) is 9.97 Å². The molecule has 0 aliphatic carbocycles. The number of methoxy groups -OCH3 is 2. The predicted molar refractivity (Wildman–Crippen MR) is 108 cm³/mol. The van der Waals surface area contributed by atoms with Crippen molar-refractivity contribution in [3.8, 4) is 11.5 Å². The molecule has 7 heteroatoms. The van der Waals surface area contributed by atoms with Crippen molar-refractivity contribution in [1.29, 1.82) is 0 Å². The van der Waals surface area contributed by atoms with E-state index in [9.17, 15) is 0 Å². The van der Waals surface area contributed by atoms with Crippen LogP contribution >= 0.6 is 11.6 Å². The Kier molecular flexibility index (Phi) is 7.05. The molecule has 1 aromatic heterocycles. The van der Waals surface area contributed by atoms with E-state index in [0.29, 0.717) is 22.5 Å². The lowest BCUT2D eigenvalue weighted by molar-refractivity contribution is 0.355. The van der Waals surface area contributed by atoms with Gasteiger partial charge in [-0.3, -0.25) is 0 Å². The van der Waals surface area contributed by atoms with Crippen molar-refractivity contribution >= 4 is 34.8 Å². The summed E-state index contributed by atoms with van der Waals surface area (Å²) in [7, 11) is 3.19. The number of allylic oxidation sites excluding steroid dienone is 1. The van der Waals surface area contributed by atoms with Gasteiger partial charge in [-0.2, -0.15) is 5.10 Å². The van der Waals surface area contributed by atoms with Gasteiger partial charge >= 0.3 is 0 Å². The second-order valence-electron chi connectivity index (χ2n) is 5.14. The molecule has 2 aromatic carbocycles. The Balaban J connectivity index is 0.000000758. The van der Waals surface area contributed by atoms with Crippen LogP contribution in [0.15, 0.2) is 54.2 Å². The molecule has 0 bridgehead atoms. The minimum absolute atomic E-state index is 0.541. The fraction of sp³-hybridized carbons (Fsp3) is 0.158. The van der Waals surface area contributed by atoms with E-state index in [1.807, 2.05) is 37.3 Å². The van der Waals surface area contributed by atoms with Gasteiger partial charge in [-0.25, -0.2) is 10.4 Å². The van der Waals surface area contributed by atoms with Crippen molar-refractivity contribution in [2.75, 3.05) is 19.6 Å². The van der Waals surface area contributed by atoms with Gasteiger partial charge in [0.2, 0.25) is 5.95 Å². The first-order valence-corrected chi connectivity index (χ1v) is 8.22. The molecular weight excluding hydrogens is 352 g/mol. The number of nitrogens with one attached hydrogen (secondary N) is 2. The van der Waals surface area contributed by atoms with Gasteiger partial charge in [0, 0.05) is 5.02 Å². The van der Waals surface area contributed by atoms with Crippen LogP contribution in [0.5, 0.6) is 11.5 Å². The molecule has 0 aliphatic rings. The standard InChI is InChI=1S/C16H15ClN4O2.C3H6/c1-22-14-6-3-10(7-15(14)23-2)9-18-21-16-19-12-5-4-11(17)8-13(12)20-16;1-3-2/h3-9H,1-2H3,(H2,19,20,21);3H,1H2,2H3/b18-9+;. The summed E-state index contributed by atoms with van der Waals surface area (Å²) < 4.78 is 10.5. The summed E-state index contributed by atoms with van der Waals surface area (Å²) in [6.45, 7) is 5.25. The summed E-state index contributed by atoms with van der Waals surface area (Å²) in [5, 5.41) is 4.82. The predicted octanol–water partition coefficient (Wildman–Crippen LogP) is 4.87. The maximum Gasteiger partial charge on any atom is 0.222 e. The number of benzene rings is 2. The number of rotatable bonds is 5. The maximum absolute atomic E-state index is 5.95. The lowest BCUT2D eigenvalue weighted by atomic mass is 10.2. The van der Waals surface area contributed by atoms with E-state index in [2.05, 4.69) is 27.1 Å². The van der Waals surface area contributed by atoms with Crippen LogP contribution in [0.3, 0.4) is 0 Å². The van der Waals surface area contributed by atoms with Crippen LogP contribution in [0.25, 0.3) is 11.0 Å². The van der Waals surface area contributed by atoms with Crippen LogP contribution in [0.4, 0.5) is 5.95 Å². The van der Waals surface area contributed by atoms with Crippen LogP contribution in [0, 0.1) is 0 Å².